The number of H-pyrrole nitrogens is 1. The number of hydrogen-bond donors (Lipinski definition) is 2. The van der Waals surface area contributed by atoms with Gasteiger partial charge >= 0.3 is 0 Å². The average molecular weight is 125 g/mol. The summed E-state index contributed by atoms with van der Waals surface area (Å²) in [5, 5.41) is 8.70. The van der Waals surface area contributed by atoms with Crippen molar-refractivity contribution in [3.8, 4) is 0 Å². The van der Waals surface area contributed by atoms with E-state index >= 15 is 0 Å². The number of aliphatic hydroxyl groups excluding tert-OH is 1. The van der Waals surface area contributed by atoms with E-state index in [-0.39, 0.29) is 6.61 Å². The van der Waals surface area contributed by atoms with E-state index in [0.29, 0.717) is 0 Å². The van der Waals surface area contributed by atoms with E-state index in [4.69, 9.17) is 5.11 Å². The molecule has 0 unspecified atom stereocenters. The van der Waals surface area contributed by atoms with Gasteiger partial charge in [-0.05, 0) is 25.0 Å². The van der Waals surface area contributed by atoms with Gasteiger partial charge in [-0.1, -0.05) is 0 Å². The lowest BCUT2D eigenvalue weighted by atomic mass is 10.2. The number of nitrogens with one attached hydrogen (secondary N) is 1. The molecule has 0 aliphatic carbocycles. The van der Waals surface area contributed by atoms with Gasteiger partial charge in [-0.15, -0.1) is 0 Å². The third-order valence-corrected chi connectivity index (χ3v) is 1.67. The first kappa shape index (κ1) is 6.36. The molecule has 0 bridgehead atoms. The monoisotopic (exact) mass is 125 g/mol. The maximum absolute atomic E-state index is 8.70. The molecule has 9 heavy (non-hydrogen) atoms. The normalized spacial score (nSPS) is 10.1. The van der Waals surface area contributed by atoms with E-state index in [1.807, 2.05) is 20.0 Å². The third-order valence-electron chi connectivity index (χ3n) is 1.67. The lowest BCUT2D eigenvalue weighted by Crippen LogP contribution is -1.84. The second kappa shape index (κ2) is 2.23. The van der Waals surface area contributed by atoms with Crippen LogP contribution in [0.3, 0.4) is 0 Å². The van der Waals surface area contributed by atoms with Gasteiger partial charge in [0.25, 0.3) is 0 Å². The summed E-state index contributed by atoms with van der Waals surface area (Å²) >= 11 is 0. The lowest BCUT2D eigenvalue weighted by Gasteiger charge is -1.91. The van der Waals surface area contributed by atoms with Gasteiger partial charge in [-0.2, -0.15) is 0 Å². The smallest absolute Gasteiger partial charge is 0.0833 e. The van der Waals surface area contributed by atoms with Gasteiger partial charge in [0, 0.05) is 11.9 Å². The first-order chi connectivity index (χ1) is 4.25. The molecule has 2 nitrogen and oxygen atoms in total. The van der Waals surface area contributed by atoms with Crippen molar-refractivity contribution in [3.63, 3.8) is 0 Å². The fourth-order valence-electron chi connectivity index (χ4n) is 0.814. The Kier molecular flexibility index (Phi) is 1.58. The van der Waals surface area contributed by atoms with Crippen molar-refractivity contribution in [2.45, 2.75) is 20.5 Å². The van der Waals surface area contributed by atoms with Crippen LogP contribution in [0.1, 0.15) is 16.8 Å². The Morgan fingerprint density at radius 2 is 2.22 bits per heavy atom. The summed E-state index contributed by atoms with van der Waals surface area (Å²) in [7, 11) is 0. The predicted molar refractivity (Wildman–Crippen MR) is 36.2 cm³/mol. The topological polar surface area (TPSA) is 36.0 Å². The molecule has 1 aromatic rings. The molecule has 1 heterocycles. The standard InChI is InChI=1S/C7H11NO/c1-5-3-8-7(4-9)6(5)2/h3,8-9H,4H2,1-2H3. The van der Waals surface area contributed by atoms with Crippen LogP contribution in [0.15, 0.2) is 6.20 Å². The van der Waals surface area contributed by atoms with Gasteiger partial charge in [-0.25, -0.2) is 0 Å². The molecule has 2 N–H and O–H groups in total. The molecule has 50 valence electrons. The van der Waals surface area contributed by atoms with Crippen molar-refractivity contribution >= 4 is 0 Å². The van der Waals surface area contributed by atoms with E-state index in [9.17, 15) is 0 Å². The van der Waals surface area contributed by atoms with E-state index in [0.717, 1.165) is 11.3 Å². The molecule has 0 atom stereocenters. The van der Waals surface area contributed by atoms with Gasteiger partial charge in [0.15, 0.2) is 0 Å². The SMILES string of the molecule is Cc1c[nH]c(CO)c1C. The largest absolute Gasteiger partial charge is 0.390 e. The minimum absolute atomic E-state index is 0.111. The number of aromatic amines is 1. The van der Waals surface area contributed by atoms with E-state index in [2.05, 4.69) is 4.98 Å². The Bertz CT molecular complexity index is 203. The lowest BCUT2D eigenvalue weighted by molar-refractivity contribution is 0.277. The molecular formula is C7H11NO. The molecule has 2 heteroatoms. The van der Waals surface area contributed by atoms with Crippen LogP contribution in [0.4, 0.5) is 0 Å². The highest BCUT2D eigenvalue weighted by atomic mass is 16.3. The second-order valence-corrected chi connectivity index (χ2v) is 2.23. The first-order valence-corrected chi connectivity index (χ1v) is 3.00. The van der Waals surface area contributed by atoms with Crippen LogP contribution < -0.4 is 0 Å². The minimum Gasteiger partial charge on any atom is -0.390 e. The van der Waals surface area contributed by atoms with Gasteiger partial charge in [0.1, 0.15) is 0 Å². The third kappa shape index (κ3) is 0.980. The fourth-order valence-corrected chi connectivity index (χ4v) is 0.814. The number of hydrogen-bond acceptors (Lipinski definition) is 1. The van der Waals surface area contributed by atoms with Gasteiger partial charge in [0.05, 0.1) is 6.61 Å². The summed E-state index contributed by atoms with van der Waals surface area (Å²) in [4.78, 5) is 2.97. The number of aliphatic hydroxyl groups is 1. The Hall–Kier alpha value is -0.760. The number of rotatable bonds is 1. The summed E-state index contributed by atoms with van der Waals surface area (Å²) in [6.45, 7) is 4.13. The minimum atomic E-state index is 0.111. The van der Waals surface area contributed by atoms with Gasteiger partial charge in [0.2, 0.25) is 0 Å². The van der Waals surface area contributed by atoms with Crippen LogP contribution in [-0.4, -0.2) is 10.1 Å². The first-order valence-electron chi connectivity index (χ1n) is 3.00. The maximum Gasteiger partial charge on any atom is 0.0833 e. The van der Waals surface area contributed by atoms with Crippen molar-refractivity contribution in [1.82, 2.24) is 4.98 Å². The van der Waals surface area contributed by atoms with Crippen LogP contribution in [0.25, 0.3) is 0 Å². The zero-order valence-electron chi connectivity index (χ0n) is 5.73. The molecule has 1 rings (SSSR count). The molecule has 0 saturated carbocycles. The van der Waals surface area contributed by atoms with Crippen molar-refractivity contribution in [2.24, 2.45) is 0 Å². The summed E-state index contributed by atoms with van der Waals surface area (Å²) < 4.78 is 0. The highest BCUT2D eigenvalue weighted by Gasteiger charge is 1.99. The van der Waals surface area contributed by atoms with Crippen LogP contribution in [0.2, 0.25) is 0 Å². The Balaban J connectivity index is 3.04. The van der Waals surface area contributed by atoms with Gasteiger partial charge in [-0.3, -0.25) is 0 Å². The van der Waals surface area contributed by atoms with Crippen LogP contribution in [-0.2, 0) is 6.61 Å². The number of aryl methyl sites for hydroxylation is 1. The maximum atomic E-state index is 8.70. The molecule has 0 aromatic carbocycles. The molecule has 0 amide bonds. The summed E-state index contributed by atoms with van der Waals surface area (Å²) in [6.07, 6.45) is 1.90. The van der Waals surface area contributed by atoms with Crippen molar-refractivity contribution < 1.29 is 5.11 Å². The molecule has 0 aliphatic rings. The Morgan fingerprint density at radius 3 is 2.44 bits per heavy atom. The van der Waals surface area contributed by atoms with Crippen LogP contribution in [0, 0.1) is 13.8 Å². The number of aromatic nitrogens is 1. The molecule has 0 aliphatic heterocycles. The van der Waals surface area contributed by atoms with Crippen molar-refractivity contribution in [3.05, 3.63) is 23.0 Å². The van der Waals surface area contributed by atoms with Crippen molar-refractivity contribution in [1.29, 1.82) is 0 Å². The van der Waals surface area contributed by atoms with E-state index in [1.54, 1.807) is 0 Å². The fraction of sp³-hybridized carbons (Fsp3) is 0.429. The molecule has 0 fully saturated rings. The second-order valence-electron chi connectivity index (χ2n) is 2.23. The van der Waals surface area contributed by atoms with Crippen LogP contribution in [0.5, 0.6) is 0 Å². The molecule has 1 aromatic heterocycles. The molecule has 0 radical (unpaired) electrons. The molecular weight excluding hydrogens is 114 g/mol. The Labute approximate surface area is 54.5 Å². The van der Waals surface area contributed by atoms with Gasteiger partial charge < -0.3 is 10.1 Å². The average Bonchev–Trinajstić information content (AvgIpc) is 2.15. The Morgan fingerprint density at radius 1 is 1.56 bits per heavy atom. The molecule has 0 saturated heterocycles. The summed E-state index contributed by atoms with van der Waals surface area (Å²) in [5.74, 6) is 0. The summed E-state index contributed by atoms with van der Waals surface area (Å²) in [6, 6.07) is 0. The molecule has 0 spiro atoms. The van der Waals surface area contributed by atoms with E-state index in [1.165, 1.54) is 5.56 Å². The van der Waals surface area contributed by atoms with Crippen molar-refractivity contribution in [2.75, 3.05) is 0 Å². The van der Waals surface area contributed by atoms with Crippen LogP contribution >= 0.6 is 0 Å². The van der Waals surface area contributed by atoms with E-state index < -0.39 is 0 Å². The highest BCUT2D eigenvalue weighted by Crippen LogP contribution is 2.09. The summed E-state index contributed by atoms with van der Waals surface area (Å²) in [5.41, 5.74) is 3.30. The zero-order valence-corrected chi connectivity index (χ0v) is 5.73. The highest BCUT2D eigenvalue weighted by molar-refractivity contribution is 5.27. The quantitative estimate of drug-likeness (QED) is 0.579. The predicted octanol–water partition coefficient (Wildman–Crippen LogP) is 1.12. The zero-order chi connectivity index (χ0) is 6.85.